The Balaban J connectivity index is 4.36. The van der Waals surface area contributed by atoms with E-state index < -0.39 is 23.9 Å². The van der Waals surface area contributed by atoms with Crippen LogP contribution in [0.25, 0.3) is 0 Å². The van der Waals surface area contributed by atoms with Crippen LogP contribution in [0.1, 0.15) is 34.1 Å². The molecule has 1 N–H and O–H groups in total. The monoisotopic (exact) mass is 252 g/mol. The van der Waals surface area contributed by atoms with Crippen LogP contribution in [-0.4, -0.2) is 30.5 Å². The minimum atomic E-state index is -4.37. The number of halogens is 3. The molecule has 0 aromatic heterocycles. The second-order valence-electron chi connectivity index (χ2n) is 4.31. The molecular formula is C11H19F3N2O. The standard InChI is InChI=1S/C11H19F3N2O/c1-5-16-10(4,7-15)6-8(2)17-9(3)11(12,13)14/h8-9,16H,5-6H2,1-4H3. The summed E-state index contributed by atoms with van der Waals surface area (Å²) in [5.74, 6) is 0. The van der Waals surface area contributed by atoms with Crippen molar-refractivity contribution in [3.63, 3.8) is 0 Å². The van der Waals surface area contributed by atoms with Crippen molar-refractivity contribution >= 4 is 0 Å². The van der Waals surface area contributed by atoms with Crippen LogP contribution in [0.4, 0.5) is 13.2 Å². The van der Waals surface area contributed by atoms with Gasteiger partial charge in [0.2, 0.25) is 0 Å². The van der Waals surface area contributed by atoms with Gasteiger partial charge in [0.15, 0.2) is 6.10 Å². The zero-order valence-electron chi connectivity index (χ0n) is 10.6. The van der Waals surface area contributed by atoms with Gasteiger partial charge in [-0.1, -0.05) is 6.92 Å². The maximum atomic E-state index is 12.3. The van der Waals surface area contributed by atoms with Gasteiger partial charge >= 0.3 is 6.18 Å². The number of hydrogen-bond acceptors (Lipinski definition) is 3. The Labute approximate surface area is 99.9 Å². The summed E-state index contributed by atoms with van der Waals surface area (Å²) in [6, 6.07) is 2.05. The summed E-state index contributed by atoms with van der Waals surface area (Å²) in [6.07, 6.45) is -6.62. The molecule has 0 aromatic rings. The van der Waals surface area contributed by atoms with Gasteiger partial charge in [-0.05, 0) is 27.3 Å². The fourth-order valence-electron chi connectivity index (χ4n) is 1.60. The molecule has 0 aliphatic rings. The Morgan fingerprint density at radius 1 is 1.35 bits per heavy atom. The van der Waals surface area contributed by atoms with Crippen molar-refractivity contribution in [1.82, 2.24) is 5.32 Å². The molecule has 0 aliphatic carbocycles. The molecule has 0 saturated heterocycles. The Morgan fingerprint density at radius 2 is 1.88 bits per heavy atom. The van der Waals surface area contributed by atoms with E-state index in [0.29, 0.717) is 6.54 Å². The van der Waals surface area contributed by atoms with Gasteiger partial charge in [-0.2, -0.15) is 18.4 Å². The van der Waals surface area contributed by atoms with Crippen molar-refractivity contribution in [3.8, 4) is 6.07 Å². The van der Waals surface area contributed by atoms with E-state index in [1.165, 1.54) is 6.92 Å². The average molecular weight is 252 g/mol. The van der Waals surface area contributed by atoms with E-state index in [9.17, 15) is 13.2 Å². The molecule has 0 saturated carbocycles. The topological polar surface area (TPSA) is 45.0 Å². The molecule has 0 radical (unpaired) electrons. The largest absolute Gasteiger partial charge is 0.414 e. The van der Waals surface area contributed by atoms with Crippen LogP contribution in [0, 0.1) is 11.3 Å². The zero-order valence-corrected chi connectivity index (χ0v) is 10.6. The predicted molar refractivity (Wildman–Crippen MR) is 58.4 cm³/mol. The van der Waals surface area contributed by atoms with Crippen LogP contribution in [-0.2, 0) is 4.74 Å². The smallest absolute Gasteiger partial charge is 0.366 e. The van der Waals surface area contributed by atoms with Gasteiger partial charge in [-0.15, -0.1) is 0 Å². The molecule has 17 heavy (non-hydrogen) atoms. The van der Waals surface area contributed by atoms with E-state index in [1.54, 1.807) is 6.92 Å². The van der Waals surface area contributed by atoms with Gasteiger partial charge in [-0.25, -0.2) is 0 Å². The van der Waals surface area contributed by atoms with Crippen LogP contribution in [0.15, 0.2) is 0 Å². The predicted octanol–water partition coefficient (Wildman–Crippen LogP) is 2.62. The van der Waals surface area contributed by atoms with Gasteiger partial charge in [0.1, 0.15) is 5.54 Å². The van der Waals surface area contributed by atoms with Gasteiger partial charge < -0.3 is 4.74 Å². The summed E-state index contributed by atoms with van der Waals surface area (Å²) in [6.45, 7) is 6.56. The molecule has 6 heteroatoms. The third kappa shape index (κ3) is 5.89. The first-order valence-electron chi connectivity index (χ1n) is 5.53. The first-order valence-corrected chi connectivity index (χ1v) is 5.53. The molecule has 0 bridgehead atoms. The van der Waals surface area contributed by atoms with E-state index in [2.05, 4.69) is 5.32 Å². The van der Waals surface area contributed by atoms with E-state index >= 15 is 0 Å². The maximum absolute atomic E-state index is 12.3. The third-order valence-electron chi connectivity index (χ3n) is 2.41. The quantitative estimate of drug-likeness (QED) is 0.790. The van der Waals surface area contributed by atoms with Crippen LogP contribution in [0.2, 0.25) is 0 Å². The minimum absolute atomic E-state index is 0.206. The molecule has 0 aromatic carbocycles. The lowest BCUT2D eigenvalue weighted by Gasteiger charge is -2.28. The van der Waals surface area contributed by atoms with Crippen LogP contribution < -0.4 is 5.32 Å². The highest BCUT2D eigenvalue weighted by atomic mass is 19.4. The normalized spacial score (nSPS) is 19.2. The maximum Gasteiger partial charge on any atom is 0.414 e. The average Bonchev–Trinajstić information content (AvgIpc) is 2.16. The number of nitrogens with zero attached hydrogens (tertiary/aromatic N) is 1. The fourth-order valence-corrected chi connectivity index (χ4v) is 1.60. The minimum Gasteiger partial charge on any atom is -0.366 e. The fraction of sp³-hybridized carbons (Fsp3) is 0.909. The Hall–Kier alpha value is -0.800. The van der Waals surface area contributed by atoms with Crippen molar-refractivity contribution in [2.24, 2.45) is 0 Å². The Kier molecular flexibility index (Phi) is 5.93. The Morgan fingerprint density at radius 3 is 2.24 bits per heavy atom. The molecule has 3 nitrogen and oxygen atoms in total. The number of ether oxygens (including phenoxy) is 1. The number of rotatable bonds is 6. The lowest BCUT2D eigenvalue weighted by atomic mass is 9.96. The van der Waals surface area contributed by atoms with Crippen molar-refractivity contribution in [2.75, 3.05) is 6.54 Å². The molecule has 0 aliphatic heterocycles. The highest BCUT2D eigenvalue weighted by molar-refractivity contribution is 5.04. The number of alkyl halides is 3. The number of nitriles is 1. The van der Waals surface area contributed by atoms with Crippen LogP contribution >= 0.6 is 0 Å². The molecule has 0 amide bonds. The lowest BCUT2D eigenvalue weighted by Crippen LogP contribution is -2.44. The second-order valence-corrected chi connectivity index (χ2v) is 4.31. The molecule has 0 heterocycles. The summed E-state index contributed by atoms with van der Waals surface area (Å²) in [7, 11) is 0. The molecule has 3 atom stereocenters. The van der Waals surface area contributed by atoms with Gasteiger partial charge in [0, 0.05) is 6.42 Å². The van der Waals surface area contributed by atoms with Gasteiger partial charge in [-0.3, -0.25) is 5.32 Å². The van der Waals surface area contributed by atoms with E-state index in [0.717, 1.165) is 6.92 Å². The van der Waals surface area contributed by atoms with Gasteiger partial charge in [0.25, 0.3) is 0 Å². The number of nitrogens with one attached hydrogen (secondary N) is 1. The van der Waals surface area contributed by atoms with Crippen molar-refractivity contribution in [3.05, 3.63) is 0 Å². The summed E-state index contributed by atoms with van der Waals surface area (Å²) in [4.78, 5) is 0. The Bertz CT molecular complexity index is 275. The van der Waals surface area contributed by atoms with Crippen LogP contribution in [0.5, 0.6) is 0 Å². The highest BCUT2D eigenvalue weighted by Crippen LogP contribution is 2.25. The van der Waals surface area contributed by atoms with E-state index in [1.807, 2.05) is 13.0 Å². The summed E-state index contributed by atoms with van der Waals surface area (Å²) < 4.78 is 41.6. The van der Waals surface area contributed by atoms with E-state index in [-0.39, 0.29) is 6.42 Å². The van der Waals surface area contributed by atoms with Crippen molar-refractivity contribution < 1.29 is 17.9 Å². The second kappa shape index (κ2) is 6.22. The van der Waals surface area contributed by atoms with Crippen molar-refractivity contribution in [1.29, 1.82) is 5.26 Å². The first-order chi connectivity index (χ1) is 7.64. The number of hydrogen-bond donors (Lipinski definition) is 1. The van der Waals surface area contributed by atoms with Crippen LogP contribution in [0.3, 0.4) is 0 Å². The first kappa shape index (κ1) is 16.2. The molecule has 0 spiro atoms. The molecule has 0 fully saturated rings. The molecule has 100 valence electrons. The third-order valence-corrected chi connectivity index (χ3v) is 2.41. The lowest BCUT2D eigenvalue weighted by molar-refractivity contribution is -0.226. The van der Waals surface area contributed by atoms with Crippen molar-refractivity contribution in [2.45, 2.75) is 58.0 Å². The molecule has 3 unspecified atom stereocenters. The summed E-state index contributed by atoms with van der Waals surface area (Å²) in [5, 5.41) is 11.9. The molecular weight excluding hydrogens is 233 g/mol. The SMILES string of the molecule is CCNC(C)(C#N)CC(C)OC(C)C(F)(F)F. The van der Waals surface area contributed by atoms with E-state index in [4.69, 9.17) is 10.00 Å². The summed E-state index contributed by atoms with van der Waals surface area (Å²) in [5.41, 5.74) is -0.862. The molecule has 0 rings (SSSR count). The van der Waals surface area contributed by atoms with Gasteiger partial charge in [0.05, 0.1) is 12.2 Å². The highest BCUT2D eigenvalue weighted by Gasteiger charge is 2.38. The summed E-state index contributed by atoms with van der Waals surface area (Å²) >= 11 is 0. The zero-order chi connectivity index (χ0) is 13.7.